The molecule has 0 aromatic carbocycles. The van der Waals surface area contributed by atoms with Crippen LogP contribution in [0.25, 0.3) is 5.65 Å². The van der Waals surface area contributed by atoms with E-state index in [1.54, 1.807) is 0 Å². The van der Waals surface area contributed by atoms with Gasteiger partial charge >= 0.3 is 6.09 Å². The molecule has 2 heterocycles. The molecule has 0 fully saturated rings. The van der Waals surface area contributed by atoms with Gasteiger partial charge in [0.25, 0.3) is 0 Å². The highest BCUT2D eigenvalue weighted by Gasteiger charge is 2.15. The van der Waals surface area contributed by atoms with Crippen LogP contribution in [0, 0.1) is 0 Å². The number of hydrogen-bond acceptors (Lipinski definition) is 5. The number of carbonyl (C=O) groups excluding carboxylic acids is 1. The summed E-state index contributed by atoms with van der Waals surface area (Å²) >= 11 is 0. The molecule has 0 radical (unpaired) electrons. The molecule has 1 amide bonds. The summed E-state index contributed by atoms with van der Waals surface area (Å²) in [5.74, 6) is 0.944. The van der Waals surface area contributed by atoms with Crippen molar-refractivity contribution in [2.24, 2.45) is 0 Å². The Morgan fingerprint density at radius 2 is 2.04 bits per heavy atom. The van der Waals surface area contributed by atoms with Gasteiger partial charge in [-0.15, -0.1) is 10.2 Å². The van der Waals surface area contributed by atoms with Crippen LogP contribution in [0.3, 0.4) is 0 Å². The van der Waals surface area contributed by atoms with Crippen molar-refractivity contribution in [3.8, 4) is 0 Å². The van der Waals surface area contributed by atoms with Crippen LogP contribution in [-0.4, -0.2) is 45.9 Å². The molecule has 0 aliphatic heterocycles. The third-order valence-corrected chi connectivity index (χ3v) is 3.11. The number of fused-ring (bicyclic) bond motifs is 1. The number of rotatable bonds is 7. The average molecular weight is 319 g/mol. The Kier molecular flexibility index (Phi) is 5.92. The Balaban J connectivity index is 1.57. The lowest BCUT2D eigenvalue weighted by Gasteiger charge is -2.19. The molecular weight excluding hydrogens is 294 g/mol. The van der Waals surface area contributed by atoms with Crippen molar-refractivity contribution in [2.45, 2.75) is 39.2 Å². The number of carbonyl (C=O) groups is 1. The number of hydrogen-bond donors (Lipinski definition) is 2. The summed E-state index contributed by atoms with van der Waals surface area (Å²) in [5, 5.41) is 14.4. The van der Waals surface area contributed by atoms with Crippen LogP contribution in [0.2, 0.25) is 0 Å². The first-order chi connectivity index (χ1) is 11.0. The minimum Gasteiger partial charge on any atom is -0.444 e. The number of amides is 1. The van der Waals surface area contributed by atoms with Gasteiger partial charge in [0.1, 0.15) is 11.4 Å². The molecule has 23 heavy (non-hydrogen) atoms. The largest absolute Gasteiger partial charge is 0.444 e. The Hall–Kier alpha value is -2.15. The molecular formula is C16H25N5O2. The molecule has 7 nitrogen and oxygen atoms in total. The fraction of sp³-hybridized carbons (Fsp3) is 0.562. The van der Waals surface area contributed by atoms with Crippen LogP contribution in [0.1, 0.15) is 33.0 Å². The second-order valence-corrected chi connectivity index (χ2v) is 6.33. The first-order valence-electron chi connectivity index (χ1n) is 7.92. The minimum absolute atomic E-state index is 0.368. The monoisotopic (exact) mass is 319 g/mol. The lowest BCUT2D eigenvalue weighted by Crippen LogP contribution is -2.34. The van der Waals surface area contributed by atoms with Crippen LogP contribution in [0.4, 0.5) is 4.79 Å². The lowest BCUT2D eigenvalue weighted by molar-refractivity contribution is 0.0527. The number of ether oxygens (including phenoxy) is 1. The van der Waals surface area contributed by atoms with E-state index in [0.717, 1.165) is 37.4 Å². The molecule has 0 saturated carbocycles. The third-order valence-electron chi connectivity index (χ3n) is 3.11. The summed E-state index contributed by atoms with van der Waals surface area (Å²) in [7, 11) is 0. The SMILES string of the molecule is CC(C)(C)OC(=O)NCCCNCCc1nnc2ccccn12. The average Bonchev–Trinajstić information content (AvgIpc) is 2.88. The number of nitrogens with zero attached hydrogens (tertiary/aromatic N) is 3. The number of pyridine rings is 1. The van der Waals surface area contributed by atoms with Crippen molar-refractivity contribution in [1.29, 1.82) is 0 Å². The summed E-state index contributed by atoms with van der Waals surface area (Å²) in [5.41, 5.74) is 0.410. The maximum atomic E-state index is 11.5. The van der Waals surface area contributed by atoms with Crippen LogP contribution in [0.5, 0.6) is 0 Å². The molecule has 2 N–H and O–H groups in total. The maximum absolute atomic E-state index is 11.5. The van der Waals surface area contributed by atoms with Gasteiger partial charge in [-0.05, 0) is 45.9 Å². The van der Waals surface area contributed by atoms with Gasteiger partial charge in [0.05, 0.1) is 0 Å². The Morgan fingerprint density at radius 1 is 1.22 bits per heavy atom. The van der Waals surface area contributed by atoms with Gasteiger partial charge in [-0.25, -0.2) is 4.79 Å². The standard InChI is InChI=1S/C16H25N5O2/c1-16(2,3)23-15(22)18-10-6-9-17-11-8-14-20-19-13-7-4-5-12-21(13)14/h4-5,7,12,17H,6,8-11H2,1-3H3,(H,18,22). The van der Waals surface area contributed by atoms with Crippen LogP contribution < -0.4 is 10.6 Å². The van der Waals surface area contributed by atoms with Gasteiger partial charge in [0.15, 0.2) is 5.65 Å². The van der Waals surface area contributed by atoms with E-state index in [2.05, 4.69) is 20.8 Å². The zero-order valence-corrected chi connectivity index (χ0v) is 14.0. The van der Waals surface area contributed by atoms with Crippen molar-refractivity contribution >= 4 is 11.7 Å². The topological polar surface area (TPSA) is 80.5 Å². The van der Waals surface area contributed by atoms with E-state index in [1.165, 1.54) is 0 Å². The van der Waals surface area contributed by atoms with E-state index in [0.29, 0.717) is 6.54 Å². The van der Waals surface area contributed by atoms with Crippen LogP contribution in [0.15, 0.2) is 24.4 Å². The van der Waals surface area contributed by atoms with Crippen molar-refractivity contribution in [1.82, 2.24) is 25.2 Å². The summed E-state index contributed by atoms with van der Waals surface area (Å²) in [6, 6.07) is 5.85. The highest BCUT2D eigenvalue weighted by molar-refractivity contribution is 5.67. The molecule has 0 spiro atoms. The zero-order chi connectivity index (χ0) is 16.7. The van der Waals surface area contributed by atoms with Crippen LogP contribution >= 0.6 is 0 Å². The van der Waals surface area contributed by atoms with Crippen molar-refractivity contribution in [2.75, 3.05) is 19.6 Å². The third kappa shape index (κ3) is 5.86. The smallest absolute Gasteiger partial charge is 0.407 e. The van der Waals surface area contributed by atoms with E-state index >= 15 is 0 Å². The minimum atomic E-state index is -0.455. The van der Waals surface area contributed by atoms with Gasteiger partial charge in [0, 0.05) is 25.7 Å². The quantitative estimate of drug-likeness (QED) is 0.760. The Labute approximate surface area is 136 Å². The summed E-state index contributed by atoms with van der Waals surface area (Å²) < 4.78 is 7.16. The highest BCUT2D eigenvalue weighted by atomic mass is 16.6. The summed E-state index contributed by atoms with van der Waals surface area (Å²) in [6.45, 7) is 7.79. The Bertz CT molecular complexity index is 633. The fourth-order valence-corrected chi connectivity index (χ4v) is 2.10. The van der Waals surface area contributed by atoms with Gasteiger partial charge in [-0.2, -0.15) is 0 Å². The number of alkyl carbamates (subject to hydrolysis) is 1. The van der Waals surface area contributed by atoms with Gasteiger partial charge in [-0.1, -0.05) is 6.07 Å². The predicted molar refractivity (Wildman–Crippen MR) is 88.4 cm³/mol. The lowest BCUT2D eigenvalue weighted by atomic mass is 10.2. The van der Waals surface area contributed by atoms with E-state index in [4.69, 9.17) is 4.74 Å². The summed E-state index contributed by atoms with van der Waals surface area (Å²) in [6.07, 6.45) is 3.26. The highest BCUT2D eigenvalue weighted by Crippen LogP contribution is 2.06. The molecule has 0 aliphatic rings. The molecule has 0 unspecified atom stereocenters. The normalized spacial score (nSPS) is 11.6. The fourth-order valence-electron chi connectivity index (χ4n) is 2.10. The zero-order valence-electron chi connectivity index (χ0n) is 14.0. The van der Waals surface area contributed by atoms with Crippen LogP contribution in [-0.2, 0) is 11.2 Å². The van der Waals surface area contributed by atoms with Gasteiger partial charge in [0.2, 0.25) is 0 Å². The molecule has 0 bridgehead atoms. The number of nitrogens with one attached hydrogen (secondary N) is 2. The van der Waals surface area contributed by atoms with E-state index in [-0.39, 0.29) is 6.09 Å². The molecule has 0 aliphatic carbocycles. The molecule has 0 saturated heterocycles. The van der Waals surface area contributed by atoms with Crippen molar-refractivity contribution in [3.05, 3.63) is 30.2 Å². The first kappa shape index (κ1) is 17.2. The van der Waals surface area contributed by atoms with Gasteiger partial charge < -0.3 is 15.4 Å². The predicted octanol–water partition coefficient (Wildman–Crippen LogP) is 1.78. The van der Waals surface area contributed by atoms with E-state index in [9.17, 15) is 4.79 Å². The van der Waals surface area contributed by atoms with Crippen molar-refractivity contribution in [3.63, 3.8) is 0 Å². The van der Waals surface area contributed by atoms with Gasteiger partial charge in [-0.3, -0.25) is 4.40 Å². The van der Waals surface area contributed by atoms with E-state index < -0.39 is 5.60 Å². The van der Waals surface area contributed by atoms with Crippen molar-refractivity contribution < 1.29 is 9.53 Å². The Morgan fingerprint density at radius 3 is 2.83 bits per heavy atom. The molecule has 2 rings (SSSR count). The first-order valence-corrected chi connectivity index (χ1v) is 7.92. The molecule has 2 aromatic heterocycles. The van der Waals surface area contributed by atoms with E-state index in [1.807, 2.05) is 49.6 Å². The molecule has 7 heteroatoms. The summed E-state index contributed by atoms with van der Waals surface area (Å²) in [4.78, 5) is 11.5. The second-order valence-electron chi connectivity index (χ2n) is 6.33. The molecule has 0 atom stereocenters. The second kappa shape index (κ2) is 7.92. The molecule has 126 valence electrons. The number of aromatic nitrogens is 3. The molecule has 2 aromatic rings. The maximum Gasteiger partial charge on any atom is 0.407 e.